The Bertz CT molecular complexity index is 509. The number of anilines is 2. The highest BCUT2D eigenvalue weighted by Crippen LogP contribution is 2.10. The van der Waals surface area contributed by atoms with Gasteiger partial charge in [-0.2, -0.15) is 5.10 Å². The first-order valence-electron chi connectivity index (χ1n) is 5.79. The molecule has 0 aliphatic carbocycles. The average molecular weight is 245 g/mol. The van der Waals surface area contributed by atoms with E-state index >= 15 is 0 Å². The van der Waals surface area contributed by atoms with E-state index in [1.807, 2.05) is 0 Å². The number of pyridine rings is 1. The van der Waals surface area contributed by atoms with Crippen LogP contribution in [0.3, 0.4) is 0 Å². The van der Waals surface area contributed by atoms with Crippen LogP contribution < -0.4 is 10.6 Å². The number of hydrogen-bond donors (Lipinski definition) is 3. The molecule has 0 saturated carbocycles. The molecule has 0 atom stereocenters. The molecule has 2 aromatic heterocycles. The molecule has 0 radical (unpaired) electrons. The lowest BCUT2D eigenvalue weighted by molar-refractivity contribution is 0.102. The van der Waals surface area contributed by atoms with Gasteiger partial charge in [-0.15, -0.1) is 0 Å². The van der Waals surface area contributed by atoms with Gasteiger partial charge in [0.05, 0.1) is 11.9 Å². The highest BCUT2D eigenvalue weighted by molar-refractivity contribution is 6.04. The smallest absolute Gasteiger partial charge is 0.255 e. The van der Waals surface area contributed by atoms with Gasteiger partial charge in [0.25, 0.3) is 5.91 Å². The number of carbonyl (C=O) groups excluding carboxylic acids is 1. The summed E-state index contributed by atoms with van der Waals surface area (Å²) in [5.74, 6) is 0.523. The highest BCUT2D eigenvalue weighted by atomic mass is 16.1. The van der Waals surface area contributed by atoms with E-state index in [1.54, 1.807) is 30.7 Å². The summed E-state index contributed by atoms with van der Waals surface area (Å²) in [7, 11) is 0. The highest BCUT2D eigenvalue weighted by Gasteiger charge is 2.07. The van der Waals surface area contributed by atoms with Crippen molar-refractivity contribution in [2.75, 3.05) is 17.2 Å². The van der Waals surface area contributed by atoms with Gasteiger partial charge >= 0.3 is 0 Å². The maximum atomic E-state index is 11.9. The van der Waals surface area contributed by atoms with Crippen LogP contribution in [-0.4, -0.2) is 27.6 Å². The molecule has 0 bridgehead atoms. The minimum Gasteiger partial charge on any atom is -0.370 e. The van der Waals surface area contributed by atoms with Gasteiger partial charge in [-0.3, -0.25) is 9.89 Å². The Hall–Kier alpha value is -2.37. The van der Waals surface area contributed by atoms with Crippen LogP contribution in [-0.2, 0) is 0 Å². The van der Waals surface area contributed by atoms with Gasteiger partial charge < -0.3 is 10.6 Å². The number of amides is 1. The Kier molecular flexibility index (Phi) is 3.90. The molecule has 0 fully saturated rings. The van der Waals surface area contributed by atoms with Crippen molar-refractivity contribution in [1.29, 1.82) is 0 Å². The molecule has 6 nitrogen and oxygen atoms in total. The van der Waals surface area contributed by atoms with Crippen LogP contribution in [0.25, 0.3) is 0 Å². The first-order valence-corrected chi connectivity index (χ1v) is 5.79. The molecule has 3 N–H and O–H groups in total. The lowest BCUT2D eigenvalue weighted by Gasteiger charge is -2.06. The molecule has 0 aromatic carbocycles. The van der Waals surface area contributed by atoms with Crippen molar-refractivity contribution in [2.45, 2.75) is 13.3 Å². The first-order chi connectivity index (χ1) is 8.79. The van der Waals surface area contributed by atoms with Crippen molar-refractivity contribution in [3.05, 3.63) is 36.3 Å². The number of rotatable bonds is 5. The van der Waals surface area contributed by atoms with Gasteiger partial charge in [0, 0.05) is 24.5 Å². The number of nitrogens with zero attached hydrogens (tertiary/aromatic N) is 2. The molecule has 2 aromatic rings. The summed E-state index contributed by atoms with van der Waals surface area (Å²) in [6.07, 6.45) is 5.79. The minimum atomic E-state index is -0.182. The van der Waals surface area contributed by atoms with Crippen LogP contribution >= 0.6 is 0 Å². The van der Waals surface area contributed by atoms with E-state index in [2.05, 4.69) is 32.7 Å². The lowest BCUT2D eigenvalue weighted by atomic mass is 10.2. The topological polar surface area (TPSA) is 82.7 Å². The third-order valence-electron chi connectivity index (χ3n) is 2.33. The fraction of sp³-hybridized carbons (Fsp3) is 0.250. The molecule has 1 amide bonds. The van der Waals surface area contributed by atoms with E-state index in [0.29, 0.717) is 17.1 Å². The maximum Gasteiger partial charge on any atom is 0.255 e. The monoisotopic (exact) mass is 245 g/mol. The molecule has 0 aliphatic heterocycles. The van der Waals surface area contributed by atoms with Gasteiger partial charge in [-0.05, 0) is 18.6 Å². The van der Waals surface area contributed by atoms with E-state index in [-0.39, 0.29) is 5.91 Å². The largest absolute Gasteiger partial charge is 0.370 e. The standard InChI is InChI=1S/C12H15N5O/c1-2-4-13-11-6-9(3-5-14-11)12(18)17-10-7-15-16-8-10/h3,5-8H,2,4H2,1H3,(H,13,14)(H,15,16)(H,17,18). The SMILES string of the molecule is CCCNc1cc(C(=O)Nc2cn[nH]c2)ccn1. The second-order valence-electron chi connectivity index (χ2n) is 3.80. The van der Waals surface area contributed by atoms with Gasteiger partial charge in [0.1, 0.15) is 5.82 Å². The molecule has 2 heterocycles. The van der Waals surface area contributed by atoms with E-state index in [0.717, 1.165) is 13.0 Å². The third kappa shape index (κ3) is 3.07. The molecule has 18 heavy (non-hydrogen) atoms. The number of aromatic amines is 1. The zero-order valence-corrected chi connectivity index (χ0v) is 10.1. The number of nitrogens with one attached hydrogen (secondary N) is 3. The molecule has 0 saturated heterocycles. The summed E-state index contributed by atoms with van der Waals surface area (Å²) in [5.41, 5.74) is 1.20. The number of H-pyrrole nitrogens is 1. The molecule has 0 spiro atoms. The Morgan fingerprint density at radius 3 is 3.11 bits per heavy atom. The fourth-order valence-corrected chi connectivity index (χ4v) is 1.44. The maximum absolute atomic E-state index is 11.9. The summed E-state index contributed by atoms with van der Waals surface area (Å²) >= 11 is 0. The second kappa shape index (κ2) is 5.81. The van der Waals surface area contributed by atoms with Crippen molar-refractivity contribution in [3.63, 3.8) is 0 Å². The zero-order valence-electron chi connectivity index (χ0n) is 10.1. The Morgan fingerprint density at radius 2 is 2.39 bits per heavy atom. The van der Waals surface area contributed by atoms with Gasteiger partial charge in [-0.1, -0.05) is 6.92 Å². The summed E-state index contributed by atoms with van der Waals surface area (Å²) in [6, 6.07) is 3.40. The van der Waals surface area contributed by atoms with Crippen LogP contribution in [0.1, 0.15) is 23.7 Å². The van der Waals surface area contributed by atoms with Crippen LogP contribution in [0.2, 0.25) is 0 Å². The normalized spacial score (nSPS) is 10.1. The summed E-state index contributed by atoms with van der Waals surface area (Å²) in [5, 5.41) is 12.3. The van der Waals surface area contributed by atoms with Crippen LogP contribution in [0, 0.1) is 0 Å². The summed E-state index contributed by atoms with van der Waals surface area (Å²) in [6.45, 7) is 2.91. The molecule has 0 aliphatic rings. The Labute approximate surface area is 105 Å². The van der Waals surface area contributed by atoms with E-state index < -0.39 is 0 Å². The van der Waals surface area contributed by atoms with E-state index in [1.165, 1.54) is 0 Å². The Balaban J connectivity index is 2.05. The predicted molar refractivity (Wildman–Crippen MR) is 69.6 cm³/mol. The van der Waals surface area contributed by atoms with Gasteiger partial charge in [0.2, 0.25) is 0 Å². The number of hydrogen-bond acceptors (Lipinski definition) is 4. The van der Waals surface area contributed by atoms with Gasteiger partial charge in [-0.25, -0.2) is 4.98 Å². The zero-order chi connectivity index (χ0) is 12.8. The Morgan fingerprint density at radius 1 is 1.50 bits per heavy atom. The quantitative estimate of drug-likeness (QED) is 0.751. The second-order valence-corrected chi connectivity index (χ2v) is 3.80. The number of carbonyl (C=O) groups is 1. The van der Waals surface area contributed by atoms with Crippen molar-refractivity contribution in [2.24, 2.45) is 0 Å². The van der Waals surface area contributed by atoms with Crippen molar-refractivity contribution >= 4 is 17.4 Å². The van der Waals surface area contributed by atoms with Crippen LogP contribution in [0.4, 0.5) is 11.5 Å². The minimum absolute atomic E-state index is 0.182. The summed E-state index contributed by atoms with van der Waals surface area (Å²) in [4.78, 5) is 16.1. The van der Waals surface area contributed by atoms with Crippen molar-refractivity contribution in [1.82, 2.24) is 15.2 Å². The van der Waals surface area contributed by atoms with Crippen molar-refractivity contribution in [3.8, 4) is 0 Å². The first kappa shape index (κ1) is 12.1. The molecule has 2 rings (SSSR count). The molecule has 0 unspecified atom stereocenters. The van der Waals surface area contributed by atoms with Gasteiger partial charge in [0.15, 0.2) is 0 Å². The average Bonchev–Trinajstić information content (AvgIpc) is 2.89. The fourth-order valence-electron chi connectivity index (χ4n) is 1.44. The van der Waals surface area contributed by atoms with E-state index in [9.17, 15) is 4.79 Å². The molecular formula is C12H15N5O. The molecular weight excluding hydrogens is 230 g/mol. The third-order valence-corrected chi connectivity index (χ3v) is 2.33. The lowest BCUT2D eigenvalue weighted by Crippen LogP contribution is -2.12. The molecule has 6 heteroatoms. The van der Waals surface area contributed by atoms with E-state index in [4.69, 9.17) is 0 Å². The van der Waals surface area contributed by atoms with Crippen LogP contribution in [0.15, 0.2) is 30.7 Å². The predicted octanol–water partition coefficient (Wildman–Crippen LogP) is 1.88. The number of aromatic nitrogens is 3. The van der Waals surface area contributed by atoms with Crippen LogP contribution in [0.5, 0.6) is 0 Å². The van der Waals surface area contributed by atoms with Crippen molar-refractivity contribution < 1.29 is 4.79 Å². The summed E-state index contributed by atoms with van der Waals surface area (Å²) < 4.78 is 0. The molecule has 94 valence electrons.